The highest BCUT2D eigenvalue weighted by atomic mass is 32.1. The number of aromatic carboxylic acids is 1. The van der Waals surface area contributed by atoms with Crippen LogP contribution in [-0.2, 0) is 22.6 Å². The number of fused-ring (bicyclic) bond motifs is 1. The van der Waals surface area contributed by atoms with Crippen LogP contribution in [0, 0.1) is 0 Å². The summed E-state index contributed by atoms with van der Waals surface area (Å²) in [4.78, 5) is 40.2. The number of carboxylic acids is 1. The molecule has 1 amide bonds. The van der Waals surface area contributed by atoms with Crippen LogP contribution in [0.25, 0.3) is 0 Å². The topological polar surface area (TPSA) is 95.9 Å². The van der Waals surface area contributed by atoms with Crippen molar-refractivity contribution in [1.29, 1.82) is 0 Å². The van der Waals surface area contributed by atoms with Gasteiger partial charge in [-0.05, 0) is 50.0 Å². The van der Waals surface area contributed by atoms with Crippen molar-refractivity contribution in [3.63, 3.8) is 0 Å². The summed E-state index contributed by atoms with van der Waals surface area (Å²) in [5.41, 5.74) is 1.96. The number of hydrogen-bond acceptors (Lipinski definition) is 6. The lowest BCUT2D eigenvalue weighted by Crippen LogP contribution is -2.36. The Balaban J connectivity index is 1.59. The number of ketones is 1. The van der Waals surface area contributed by atoms with Crippen LogP contribution in [0.1, 0.15) is 56.0 Å². The maximum absolute atomic E-state index is 13.3. The standard InChI is InChI=1S/C22H24N2O5S/c25-18(12-24-9-2-1-3-10-24)23-21-19(16-8-11-29-13-17(16)30-21)20(26)14-4-6-15(7-5-14)22(27)28/h4-7H,1-3,8-13H2,(H,23,25)(H,27,28). The Bertz CT molecular complexity index is 961. The Morgan fingerprint density at radius 1 is 1.07 bits per heavy atom. The molecule has 0 unspecified atom stereocenters. The van der Waals surface area contributed by atoms with Crippen molar-refractivity contribution < 1.29 is 24.2 Å². The van der Waals surface area contributed by atoms with E-state index in [9.17, 15) is 14.4 Å². The van der Waals surface area contributed by atoms with Gasteiger partial charge in [-0.2, -0.15) is 0 Å². The molecule has 1 saturated heterocycles. The average molecular weight is 429 g/mol. The molecule has 7 nitrogen and oxygen atoms in total. The van der Waals surface area contributed by atoms with E-state index in [0.29, 0.717) is 42.3 Å². The molecule has 158 valence electrons. The molecule has 0 spiro atoms. The van der Waals surface area contributed by atoms with E-state index in [4.69, 9.17) is 9.84 Å². The molecule has 0 radical (unpaired) electrons. The van der Waals surface area contributed by atoms with Crippen LogP contribution in [0.5, 0.6) is 0 Å². The zero-order chi connectivity index (χ0) is 21.1. The maximum atomic E-state index is 13.3. The Kier molecular flexibility index (Phi) is 6.26. The molecule has 0 bridgehead atoms. The summed E-state index contributed by atoms with van der Waals surface area (Å²) in [6, 6.07) is 5.89. The largest absolute Gasteiger partial charge is 0.478 e. The molecule has 30 heavy (non-hydrogen) atoms. The maximum Gasteiger partial charge on any atom is 0.335 e. The second-order valence-electron chi connectivity index (χ2n) is 7.61. The van der Waals surface area contributed by atoms with Crippen LogP contribution in [0.4, 0.5) is 5.00 Å². The number of carboxylic acid groups (broad SMARTS) is 1. The number of carbonyl (C=O) groups is 3. The third-order valence-electron chi connectivity index (χ3n) is 5.51. The van der Waals surface area contributed by atoms with E-state index in [1.54, 1.807) is 0 Å². The summed E-state index contributed by atoms with van der Waals surface area (Å²) in [6.07, 6.45) is 4.03. The lowest BCUT2D eigenvalue weighted by molar-refractivity contribution is -0.117. The van der Waals surface area contributed by atoms with Gasteiger partial charge in [0.25, 0.3) is 0 Å². The van der Waals surface area contributed by atoms with Crippen LogP contribution in [-0.4, -0.2) is 53.9 Å². The molecule has 4 rings (SSSR count). The van der Waals surface area contributed by atoms with Crippen molar-refractivity contribution in [2.24, 2.45) is 0 Å². The zero-order valence-electron chi connectivity index (χ0n) is 16.6. The summed E-state index contributed by atoms with van der Waals surface area (Å²) < 4.78 is 5.53. The van der Waals surface area contributed by atoms with Crippen LogP contribution in [0.3, 0.4) is 0 Å². The number of hydrogen-bond donors (Lipinski definition) is 2. The number of anilines is 1. The van der Waals surface area contributed by atoms with Crippen LogP contribution in [0.2, 0.25) is 0 Å². The first-order chi connectivity index (χ1) is 14.5. The van der Waals surface area contributed by atoms with Gasteiger partial charge in [0.05, 0.1) is 30.9 Å². The van der Waals surface area contributed by atoms with Crippen molar-refractivity contribution in [2.75, 3.05) is 31.6 Å². The first kappa shape index (κ1) is 20.7. The fraction of sp³-hybridized carbons (Fsp3) is 0.409. The number of likely N-dealkylation sites (tertiary alicyclic amines) is 1. The molecule has 0 saturated carbocycles. The van der Waals surface area contributed by atoms with Crippen molar-refractivity contribution >= 4 is 34.0 Å². The van der Waals surface area contributed by atoms with Crippen molar-refractivity contribution in [1.82, 2.24) is 4.90 Å². The number of nitrogens with zero attached hydrogens (tertiary/aromatic N) is 1. The van der Waals surface area contributed by atoms with E-state index in [-0.39, 0.29) is 17.3 Å². The number of ether oxygens (including phenoxy) is 1. The monoisotopic (exact) mass is 428 g/mol. The Labute approximate surface area is 178 Å². The average Bonchev–Trinajstić information content (AvgIpc) is 3.11. The van der Waals surface area contributed by atoms with E-state index in [0.717, 1.165) is 36.4 Å². The van der Waals surface area contributed by atoms with Gasteiger partial charge in [-0.15, -0.1) is 11.3 Å². The highest BCUT2D eigenvalue weighted by molar-refractivity contribution is 7.17. The quantitative estimate of drug-likeness (QED) is 0.686. The van der Waals surface area contributed by atoms with Gasteiger partial charge in [0, 0.05) is 10.4 Å². The zero-order valence-corrected chi connectivity index (χ0v) is 17.4. The van der Waals surface area contributed by atoms with Gasteiger partial charge in [0.1, 0.15) is 5.00 Å². The smallest absolute Gasteiger partial charge is 0.335 e. The molecule has 3 heterocycles. The van der Waals surface area contributed by atoms with Crippen LogP contribution >= 0.6 is 11.3 Å². The van der Waals surface area contributed by atoms with Crippen LogP contribution < -0.4 is 5.32 Å². The molecule has 8 heteroatoms. The summed E-state index contributed by atoms with van der Waals surface area (Å²) in [5, 5.41) is 12.6. The molecule has 2 aromatic rings. The second-order valence-corrected chi connectivity index (χ2v) is 8.71. The lowest BCUT2D eigenvalue weighted by Gasteiger charge is -2.25. The summed E-state index contributed by atoms with van der Waals surface area (Å²) in [5.74, 6) is -1.36. The number of thiophene rings is 1. The molecule has 2 N–H and O–H groups in total. The summed E-state index contributed by atoms with van der Waals surface area (Å²) in [7, 11) is 0. The third kappa shape index (κ3) is 4.45. The summed E-state index contributed by atoms with van der Waals surface area (Å²) >= 11 is 1.39. The predicted octanol–water partition coefficient (Wildman–Crippen LogP) is 3.17. The molecule has 1 fully saturated rings. The molecular weight excluding hydrogens is 404 g/mol. The molecule has 2 aliphatic rings. The minimum Gasteiger partial charge on any atom is -0.478 e. The molecule has 0 atom stereocenters. The fourth-order valence-electron chi connectivity index (χ4n) is 3.96. The van der Waals surface area contributed by atoms with E-state index in [1.807, 2.05) is 0 Å². The van der Waals surface area contributed by atoms with Crippen molar-refractivity contribution in [2.45, 2.75) is 32.3 Å². The number of benzene rings is 1. The SMILES string of the molecule is O=C(CN1CCCCC1)Nc1sc2c(c1C(=O)c1ccc(C(=O)O)cc1)CCOC2. The van der Waals surface area contributed by atoms with Gasteiger partial charge in [-0.25, -0.2) is 4.79 Å². The second kappa shape index (κ2) is 9.07. The van der Waals surface area contributed by atoms with Gasteiger partial charge >= 0.3 is 5.97 Å². The Hall–Kier alpha value is -2.55. The van der Waals surface area contributed by atoms with E-state index in [2.05, 4.69) is 10.2 Å². The van der Waals surface area contributed by atoms with Gasteiger partial charge in [0.15, 0.2) is 5.78 Å². The number of carbonyl (C=O) groups excluding carboxylic acids is 2. The van der Waals surface area contributed by atoms with Crippen molar-refractivity contribution in [3.05, 3.63) is 51.4 Å². The predicted molar refractivity (Wildman–Crippen MR) is 113 cm³/mol. The number of rotatable bonds is 6. The third-order valence-corrected chi connectivity index (χ3v) is 6.63. The van der Waals surface area contributed by atoms with E-state index >= 15 is 0 Å². The molecule has 0 aliphatic carbocycles. The molecule has 2 aliphatic heterocycles. The van der Waals surface area contributed by atoms with Crippen molar-refractivity contribution in [3.8, 4) is 0 Å². The fourth-order valence-corrected chi connectivity index (χ4v) is 5.15. The lowest BCUT2D eigenvalue weighted by atomic mass is 9.97. The highest BCUT2D eigenvalue weighted by Crippen LogP contribution is 2.38. The Morgan fingerprint density at radius 2 is 1.77 bits per heavy atom. The van der Waals surface area contributed by atoms with E-state index in [1.165, 1.54) is 42.0 Å². The first-order valence-corrected chi connectivity index (χ1v) is 11.0. The molecular formula is C22H24N2O5S. The van der Waals surface area contributed by atoms with Gasteiger partial charge in [-0.3, -0.25) is 14.5 Å². The minimum absolute atomic E-state index is 0.119. The first-order valence-electron chi connectivity index (χ1n) is 10.2. The van der Waals surface area contributed by atoms with E-state index < -0.39 is 5.97 Å². The number of nitrogens with one attached hydrogen (secondary N) is 1. The van der Waals surface area contributed by atoms with Gasteiger partial charge < -0.3 is 15.2 Å². The van der Waals surface area contributed by atoms with Gasteiger partial charge in [-0.1, -0.05) is 18.6 Å². The summed E-state index contributed by atoms with van der Waals surface area (Å²) in [6.45, 7) is 3.12. The number of amides is 1. The minimum atomic E-state index is -1.04. The molecule has 1 aromatic carbocycles. The Morgan fingerprint density at radius 3 is 2.47 bits per heavy atom. The van der Waals surface area contributed by atoms with Crippen LogP contribution in [0.15, 0.2) is 24.3 Å². The normalized spacial score (nSPS) is 16.7. The highest BCUT2D eigenvalue weighted by Gasteiger charge is 2.28. The molecule has 1 aromatic heterocycles. The van der Waals surface area contributed by atoms with Gasteiger partial charge in [0.2, 0.25) is 5.91 Å². The number of piperidine rings is 1.